The number of thioether (sulfide) groups is 1. The van der Waals surface area contributed by atoms with Crippen LogP contribution < -0.4 is 0 Å². The van der Waals surface area contributed by atoms with Gasteiger partial charge in [0.05, 0.1) is 18.8 Å². The van der Waals surface area contributed by atoms with Gasteiger partial charge in [0, 0.05) is 10.2 Å². The van der Waals surface area contributed by atoms with Crippen LogP contribution in [-0.4, -0.2) is 36.7 Å². The van der Waals surface area contributed by atoms with E-state index in [1.165, 1.54) is 16.1 Å². The van der Waals surface area contributed by atoms with Gasteiger partial charge in [-0.25, -0.2) is 12.7 Å². The number of hydrogen-bond acceptors (Lipinski definition) is 4. The molecule has 4 nitrogen and oxygen atoms in total. The zero-order valence-corrected chi connectivity index (χ0v) is 13.8. The third-order valence-electron chi connectivity index (χ3n) is 2.75. The topological polar surface area (TPSA) is 49.7 Å². The molecule has 0 aliphatic carbocycles. The summed E-state index contributed by atoms with van der Waals surface area (Å²) in [6.07, 6.45) is 0. The van der Waals surface area contributed by atoms with Crippen molar-refractivity contribution in [1.82, 2.24) is 4.31 Å². The summed E-state index contributed by atoms with van der Waals surface area (Å²) in [6, 6.07) is 8.00. The van der Waals surface area contributed by atoms with Gasteiger partial charge in [-0.3, -0.25) is 4.99 Å². The average Bonchev–Trinajstić information content (AvgIpc) is 2.87. The van der Waals surface area contributed by atoms with E-state index in [1.54, 1.807) is 6.92 Å². The molecule has 0 spiro atoms. The standard InChI is InChI=1S/C12H15BrN2O2S2/c1-2-19(16,17)15-8-7-14-12(15)18-9-10-3-5-11(13)6-4-10/h3-6H,2,7-9H2,1H3. The van der Waals surface area contributed by atoms with Crippen LogP contribution >= 0.6 is 27.7 Å². The summed E-state index contributed by atoms with van der Waals surface area (Å²) < 4.78 is 26.3. The van der Waals surface area contributed by atoms with Crippen LogP contribution in [0, 0.1) is 0 Å². The van der Waals surface area contributed by atoms with Crippen LogP contribution in [0.15, 0.2) is 33.7 Å². The lowest BCUT2D eigenvalue weighted by Gasteiger charge is -2.18. The maximum absolute atomic E-state index is 11.9. The van der Waals surface area contributed by atoms with E-state index in [2.05, 4.69) is 20.9 Å². The molecule has 0 fully saturated rings. The second-order valence-corrected chi connectivity index (χ2v) is 8.09. The molecule has 0 N–H and O–H groups in total. The first-order valence-corrected chi connectivity index (χ1v) is 9.34. The van der Waals surface area contributed by atoms with Gasteiger partial charge in [0.15, 0.2) is 5.17 Å². The number of halogens is 1. The lowest BCUT2D eigenvalue weighted by molar-refractivity contribution is 0.541. The smallest absolute Gasteiger partial charge is 0.236 e. The summed E-state index contributed by atoms with van der Waals surface area (Å²) in [5.41, 5.74) is 1.15. The molecule has 1 heterocycles. The van der Waals surface area contributed by atoms with Crippen LogP contribution in [0.4, 0.5) is 0 Å². The quantitative estimate of drug-likeness (QED) is 0.827. The fourth-order valence-corrected chi connectivity index (χ4v) is 4.31. The number of aliphatic imine (C=N–C) groups is 1. The van der Waals surface area contributed by atoms with Crippen molar-refractivity contribution in [3.05, 3.63) is 34.3 Å². The van der Waals surface area contributed by atoms with E-state index in [-0.39, 0.29) is 5.75 Å². The molecule has 0 unspecified atom stereocenters. The molecule has 1 aliphatic rings. The number of sulfonamides is 1. The second-order valence-electron chi connectivity index (χ2n) is 4.05. The summed E-state index contributed by atoms with van der Waals surface area (Å²) in [6.45, 7) is 2.69. The number of hydrogen-bond donors (Lipinski definition) is 0. The first kappa shape index (κ1) is 14.9. The Labute approximate surface area is 126 Å². The highest BCUT2D eigenvalue weighted by Crippen LogP contribution is 2.22. The van der Waals surface area contributed by atoms with E-state index < -0.39 is 10.0 Å². The van der Waals surface area contributed by atoms with E-state index >= 15 is 0 Å². The fourth-order valence-electron chi connectivity index (χ4n) is 1.67. The molecular formula is C12H15BrN2O2S2. The molecule has 1 aliphatic heterocycles. The van der Waals surface area contributed by atoms with Crippen molar-refractivity contribution < 1.29 is 8.42 Å². The molecule has 0 saturated carbocycles. The number of rotatable bonds is 4. The minimum absolute atomic E-state index is 0.116. The predicted molar refractivity (Wildman–Crippen MR) is 83.9 cm³/mol. The van der Waals surface area contributed by atoms with Gasteiger partial charge in [0.2, 0.25) is 10.0 Å². The van der Waals surface area contributed by atoms with Crippen molar-refractivity contribution in [2.75, 3.05) is 18.8 Å². The van der Waals surface area contributed by atoms with E-state index in [4.69, 9.17) is 0 Å². The Morgan fingerprint density at radius 1 is 1.37 bits per heavy atom. The third-order valence-corrected chi connectivity index (χ3v) is 6.23. The number of benzene rings is 1. The zero-order chi connectivity index (χ0) is 13.9. The molecule has 0 amide bonds. The highest BCUT2D eigenvalue weighted by atomic mass is 79.9. The van der Waals surface area contributed by atoms with Crippen molar-refractivity contribution in [3.8, 4) is 0 Å². The van der Waals surface area contributed by atoms with Crippen molar-refractivity contribution in [3.63, 3.8) is 0 Å². The van der Waals surface area contributed by atoms with Crippen molar-refractivity contribution in [2.24, 2.45) is 4.99 Å². The van der Waals surface area contributed by atoms with E-state index in [0.717, 1.165) is 15.8 Å². The first-order chi connectivity index (χ1) is 9.03. The zero-order valence-electron chi connectivity index (χ0n) is 10.5. The molecule has 0 saturated heterocycles. The van der Waals surface area contributed by atoms with Crippen molar-refractivity contribution >= 4 is 42.9 Å². The van der Waals surface area contributed by atoms with Gasteiger partial charge >= 0.3 is 0 Å². The van der Waals surface area contributed by atoms with E-state index in [1.807, 2.05) is 24.3 Å². The van der Waals surface area contributed by atoms with Crippen LogP contribution in [0.3, 0.4) is 0 Å². The highest BCUT2D eigenvalue weighted by molar-refractivity contribution is 9.10. The van der Waals surface area contributed by atoms with Gasteiger partial charge in [-0.05, 0) is 24.6 Å². The van der Waals surface area contributed by atoms with Gasteiger partial charge in [0.25, 0.3) is 0 Å². The molecule has 0 aromatic heterocycles. The summed E-state index contributed by atoms with van der Waals surface area (Å²) >= 11 is 4.86. The third kappa shape index (κ3) is 3.73. The van der Waals surface area contributed by atoms with E-state index in [9.17, 15) is 8.42 Å². The Morgan fingerprint density at radius 3 is 2.68 bits per heavy atom. The summed E-state index contributed by atoms with van der Waals surface area (Å²) in [4.78, 5) is 4.28. The monoisotopic (exact) mass is 362 g/mol. The molecule has 7 heteroatoms. The number of nitrogens with zero attached hydrogens (tertiary/aromatic N) is 2. The molecule has 19 heavy (non-hydrogen) atoms. The molecule has 2 rings (SSSR count). The van der Waals surface area contributed by atoms with Gasteiger partial charge < -0.3 is 0 Å². The largest absolute Gasteiger partial charge is 0.260 e. The first-order valence-electron chi connectivity index (χ1n) is 5.95. The normalized spacial score (nSPS) is 15.7. The molecule has 1 aromatic rings. The van der Waals surface area contributed by atoms with Crippen LogP contribution in [-0.2, 0) is 15.8 Å². The van der Waals surface area contributed by atoms with Crippen molar-refractivity contribution in [2.45, 2.75) is 12.7 Å². The Bertz CT molecular complexity index is 570. The van der Waals surface area contributed by atoms with Crippen LogP contribution in [0.1, 0.15) is 12.5 Å². The Hall–Kier alpha value is -0.530. The summed E-state index contributed by atoms with van der Waals surface area (Å²) in [5.74, 6) is 0.840. The average molecular weight is 363 g/mol. The SMILES string of the molecule is CCS(=O)(=O)N1CCN=C1SCc1ccc(Br)cc1. The van der Waals surface area contributed by atoms with Gasteiger partial charge in [-0.15, -0.1) is 0 Å². The van der Waals surface area contributed by atoms with Crippen LogP contribution in [0.5, 0.6) is 0 Å². The minimum Gasteiger partial charge on any atom is -0.260 e. The molecule has 1 aromatic carbocycles. The van der Waals surface area contributed by atoms with Gasteiger partial charge in [-0.2, -0.15) is 0 Å². The molecule has 0 atom stereocenters. The van der Waals surface area contributed by atoms with Crippen LogP contribution in [0.25, 0.3) is 0 Å². The van der Waals surface area contributed by atoms with Gasteiger partial charge in [-0.1, -0.05) is 39.8 Å². The molecule has 0 radical (unpaired) electrons. The molecular weight excluding hydrogens is 348 g/mol. The Morgan fingerprint density at radius 2 is 2.05 bits per heavy atom. The number of amidine groups is 1. The maximum atomic E-state index is 11.9. The Balaban J connectivity index is 2.01. The lowest BCUT2D eigenvalue weighted by Crippen LogP contribution is -2.34. The van der Waals surface area contributed by atoms with Crippen LogP contribution in [0.2, 0.25) is 0 Å². The summed E-state index contributed by atoms with van der Waals surface area (Å²) in [7, 11) is -3.18. The minimum atomic E-state index is -3.18. The predicted octanol–water partition coefficient (Wildman–Crippen LogP) is 2.70. The fraction of sp³-hybridized carbons (Fsp3) is 0.417. The molecule has 0 bridgehead atoms. The highest BCUT2D eigenvalue weighted by Gasteiger charge is 2.27. The lowest BCUT2D eigenvalue weighted by atomic mass is 10.2. The van der Waals surface area contributed by atoms with E-state index in [0.29, 0.717) is 18.3 Å². The Kier molecular flexibility index (Phi) is 4.92. The van der Waals surface area contributed by atoms with Crippen molar-refractivity contribution in [1.29, 1.82) is 0 Å². The van der Waals surface area contributed by atoms with Gasteiger partial charge in [0.1, 0.15) is 0 Å². The summed E-state index contributed by atoms with van der Waals surface area (Å²) in [5, 5.41) is 0.616. The molecule has 104 valence electrons. The second kappa shape index (κ2) is 6.28. The maximum Gasteiger partial charge on any atom is 0.236 e.